The van der Waals surface area contributed by atoms with Crippen molar-refractivity contribution in [1.29, 1.82) is 0 Å². The van der Waals surface area contributed by atoms with Crippen molar-refractivity contribution in [2.45, 2.75) is 38.1 Å². The van der Waals surface area contributed by atoms with Gasteiger partial charge in [-0.25, -0.2) is 4.98 Å². The summed E-state index contributed by atoms with van der Waals surface area (Å²) in [6.07, 6.45) is 6.09. The average Bonchev–Trinajstić information content (AvgIpc) is 3.56. The molecule has 2 fully saturated rings. The summed E-state index contributed by atoms with van der Waals surface area (Å²) in [6.45, 7) is 6.36. The molecule has 2 aromatic rings. The first-order chi connectivity index (χ1) is 14.8. The van der Waals surface area contributed by atoms with Crippen LogP contribution < -0.4 is 15.5 Å². The minimum Gasteiger partial charge on any atom is -0.356 e. The molecule has 2 aliphatic rings. The second kappa shape index (κ2) is 10.8. The van der Waals surface area contributed by atoms with E-state index in [1.165, 1.54) is 55.2 Å². The van der Waals surface area contributed by atoms with Crippen LogP contribution in [-0.4, -0.2) is 62.2 Å². The van der Waals surface area contributed by atoms with Crippen molar-refractivity contribution in [1.82, 2.24) is 20.5 Å². The number of nitrogens with one attached hydrogen (secondary N) is 2. The van der Waals surface area contributed by atoms with Gasteiger partial charge in [0.05, 0.1) is 11.7 Å². The lowest BCUT2D eigenvalue weighted by atomic mass is 10.1. The van der Waals surface area contributed by atoms with Gasteiger partial charge >= 0.3 is 0 Å². The van der Waals surface area contributed by atoms with Gasteiger partial charge in [-0.15, -0.1) is 11.3 Å². The molecule has 6 nitrogen and oxygen atoms in total. The van der Waals surface area contributed by atoms with Crippen molar-refractivity contribution in [2.24, 2.45) is 4.99 Å². The first-order valence-electron chi connectivity index (χ1n) is 11.3. The van der Waals surface area contributed by atoms with Crippen LogP contribution >= 0.6 is 11.3 Å². The molecule has 1 unspecified atom stereocenters. The van der Waals surface area contributed by atoms with Crippen molar-refractivity contribution in [3.8, 4) is 0 Å². The fourth-order valence-corrected chi connectivity index (χ4v) is 5.29. The Morgan fingerprint density at radius 2 is 1.80 bits per heavy atom. The summed E-state index contributed by atoms with van der Waals surface area (Å²) in [5.74, 6) is 0.866. The Labute approximate surface area is 184 Å². The lowest BCUT2D eigenvalue weighted by molar-refractivity contribution is 0.245. The van der Waals surface area contributed by atoms with Crippen LogP contribution in [0.3, 0.4) is 0 Å². The van der Waals surface area contributed by atoms with Crippen molar-refractivity contribution in [2.75, 3.05) is 51.2 Å². The quantitative estimate of drug-likeness (QED) is 0.501. The van der Waals surface area contributed by atoms with Gasteiger partial charge in [-0.05, 0) is 44.3 Å². The molecule has 0 bridgehead atoms. The van der Waals surface area contributed by atoms with E-state index >= 15 is 0 Å². The zero-order valence-electron chi connectivity index (χ0n) is 18.0. The van der Waals surface area contributed by atoms with E-state index in [1.807, 2.05) is 7.05 Å². The Bertz CT molecular complexity index is 793. The number of nitrogens with zero attached hydrogens (tertiary/aromatic N) is 4. The van der Waals surface area contributed by atoms with E-state index in [2.05, 4.69) is 61.1 Å². The number of thiazole rings is 1. The molecule has 162 valence electrons. The highest BCUT2D eigenvalue weighted by Crippen LogP contribution is 2.25. The van der Waals surface area contributed by atoms with Crippen LogP contribution in [0.5, 0.6) is 0 Å². The number of hydrogen-bond acceptors (Lipinski definition) is 5. The lowest BCUT2D eigenvalue weighted by Crippen LogP contribution is -2.43. The smallest absolute Gasteiger partial charge is 0.191 e. The van der Waals surface area contributed by atoms with Crippen LogP contribution in [0.4, 0.5) is 5.13 Å². The Morgan fingerprint density at radius 3 is 2.53 bits per heavy atom. The van der Waals surface area contributed by atoms with Crippen LogP contribution in [0, 0.1) is 0 Å². The van der Waals surface area contributed by atoms with E-state index in [0.29, 0.717) is 6.04 Å². The molecule has 7 heteroatoms. The molecule has 4 rings (SSSR count). The highest BCUT2D eigenvalue weighted by molar-refractivity contribution is 7.13. The van der Waals surface area contributed by atoms with Gasteiger partial charge in [-0.1, -0.05) is 30.3 Å². The molecule has 0 aliphatic carbocycles. The fraction of sp³-hybridized carbons (Fsp3) is 0.565. The highest BCUT2D eigenvalue weighted by Gasteiger charge is 2.23. The molecule has 1 atom stereocenters. The van der Waals surface area contributed by atoms with Crippen molar-refractivity contribution >= 4 is 22.4 Å². The molecular weight excluding hydrogens is 392 g/mol. The molecule has 2 saturated heterocycles. The number of anilines is 1. The van der Waals surface area contributed by atoms with E-state index in [1.54, 1.807) is 11.3 Å². The van der Waals surface area contributed by atoms with Crippen LogP contribution in [0.1, 0.15) is 43.0 Å². The number of hydrogen-bond donors (Lipinski definition) is 2. The van der Waals surface area contributed by atoms with Gasteiger partial charge in [-0.2, -0.15) is 0 Å². The molecule has 3 heterocycles. The first-order valence-corrected chi connectivity index (χ1v) is 12.1. The van der Waals surface area contributed by atoms with Crippen LogP contribution in [-0.2, 0) is 6.42 Å². The normalized spacial score (nSPS) is 18.7. The van der Waals surface area contributed by atoms with E-state index in [4.69, 9.17) is 4.98 Å². The Kier molecular flexibility index (Phi) is 7.59. The molecule has 30 heavy (non-hydrogen) atoms. The summed E-state index contributed by atoms with van der Waals surface area (Å²) >= 11 is 1.77. The zero-order chi connectivity index (χ0) is 20.6. The predicted molar refractivity (Wildman–Crippen MR) is 127 cm³/mol. The minimum atomic E-state index is 0.383. The Balaban J connectivity index is 1.26. The van der Waals surface area contributed by atoms with E-state index in [9.17, 15) is 0 Å². The second-order valence-electron chi connectivity index (χ2n) is 8.12. The molecule has 0 saturated carbocycles. The monoisotopic (exact) mass is 426 g/mol. The van der Waals surface area contributed by atoms with Crippen LogP contribution in [0.2, 0.25) is 0 Å². The lowest BCUT2D eigenvalue weighted by Gasteiger charge is -2.29. The standard InChI is InChI=1S/C23H34N6S/c1-24-22(25-12-11-20-18-30-23(27-20)29-15-7-8-16-29)26-17-21(28-13-5-6-14-28)19-9-3-2-4-10-19/h2-4,9-10,18,21H,5-8,11-17H2,1H3,(H2,24,25,26). The number of likely N-dealkylation sites (tertiary alicyclic amines) is 1. The molecule has 0 spiro atoms. The summed E-state index contributed by atoms with van der Waals surface area (Å²) in [7, 11) is 1.84. The van der Waals surface area contributed by atoms with E-state index in [-0.39, 0.29) is 0 Å². The molecule has 1 aromatic heterocycles. The molecule has 2 aliphatic heterocycles. The third-order valence-electron chi connectivity index (χ3n) is 6.04. The third kappa shape index (κ3) is 5.52. The van der Waals surface area contributed by atoms with Gasteiger partial charge in [0.1, 0.15) is 0 Å². The summed E-state index contributed by atoms with van der Waals surface area (Å²) in [4.78, 5) is 14.2. The van der Waals surface area contributed by atoms with Gasteiger partial charge in [0, 0.05) is 45.0 Å². The molecule has 2 N–H and O–H groups in total. The van der Waals surface area contributed by atoms with E-state index < -0.39 is 0 Å². The van der Waals surface area contributed by atoms with E-state index in [0.717, 1.165) is 38.6 Å². The number of benzene rings is 1. The van der Waals surface area contributed by atoms with Gasteiger partial charge in [0.2, 0.25) is 0 Å². The zero-order valence-corrected chi connectivity index (χ0v) is 18.8. The second-order valence-corrected chi connectivity index (χ2v) is 8.95. The topological polar surface area (TPSA) is 55.8 Å². The fourth-order valence-electron chi connectivity index (χ4n) is 4.37. The molecule has 0 radical (unpaired) electrons. The molecular formula is C23H34N6S. The maximum Gasteiger partial charge on any atom is 0.191 e. The summed E-state index contributed by atoms with van der Waals surface area (Å²) < 4.78 is 0. The van der Waals surface area contributed by atoms with Gasteiger partial charge < -0.3 is 15.5 Å². The summed E-state index contributed by atoms with van der Waals surface area (Å²) in [5.41, 5.74) is 2.54. The van der Waals surface area contributed by atoms with Gasteiger partial charge in [0.25, 0.3) is 0 Å². The predicted octanol–water partition coefficient (Wildman–Crippen LogP) is 3.29. The largest absolute Gasteiger partial charge is 0.356 e. The Morgan fingerprint density at radius 1 is 1.07 bits per heavy atom. The number of guanidine groups is 1. The van der Waals surface area contributed by atoms with Gasteiger partial charge in [0.15, 0.2) is 11.1 Å². The summed E-state index contributed by atoms with van der Waals surface area (Å²) in [6, 6.07) is 11.2. The maximum absolute atomic E-state index is 4.82. The maximum atomic E-state index is 4.82. The van der Waals surface area contributed by atoms with Crippen LogP contribution in [0.15, 0.2) is 40.7 Å². The van der Waals surface area contributed by atoms with Crippen molar-refractivity contribution in [3.63, 3.8) is 0 Å². The third-order valence-corrected chi connectivity index (χ3v) is 6.99. The van der Waals surface area contributed by atoms with Crippen molar-refractivity contribution in [3.05, 3.63) is 47.0 Å². The molecule has 0 amide bonds. The number of rotatable bonds is 8. The minimum absolute atomic E-state index is 0.383. The van der Waals surface area contributed by atoms with Gasteiger partial charge in [-0.3, -0.25) is 9.89 Å². The Hall–Kier alpha value is -2.12. The first kappa shape index (κ1) is 21.1. The summed E-state index contributed by atoms with van der Waals surface area (Å²) in [5, 5.41) is 10.4. The average molecular weight is 427 g/mol. The van der Waals surface area contributed by atoms with Crippen LogP contribution in [0.25, 0.3) is 0 Å². The SMILES string of the molecule is CN=C(NCCc1csc(N2CCCC2)n1)NCC(c1ccccc1)N1CCCC1. The number of aromatic nitrogens is 1. The highest BCUT2D eigenvalue weighted by atomic mass is 32.1. The molecule has 1 aromatic carbocycles. The number of aliphatic imine (C=N–C) groups is 1. The van der Waals surface area contributed by atoms with Crippen molar-refractivity contribution < 1.29 is 0 Å².